The van der Waals surface area contributed by atoms with Crippen LogP contribution in [0.3, 0.4) is 0 Å². The number of carbonyl (C=O) groups excluding carboxylic acids is 2. The highest BCUT2D eigenvalue weighted by molar-refractivity contribution is 6.07. The van der Waals surface area contributed by atoms with Crippen molar-refractivity contribution < 1.29 is 9.59 Å². The minimum absolute atomic E-state index is 0.0157. The molecule has 5 nitrogen and oxygen atoms in total. The van der Waals surface area contributed by atoms with E-state index in [2.05, 4.69) is 61.3 Å². The van der Waals surface area contributed by atoms with Crippen molar-refractivity contribution in [2.75, 3.05) is 19.8 Å². The number of rotatable bonds is 5. The molecular weight excluding hydrogens is 374 g/mol. The van der Waals surface area contributed by atoms with Gasteiger partial charge in [0.05, 0.1) is 6.67 Å². The fourth-order valence-corrected chi connectivity index (χ4v) is 5.28. The lowest BCUT2D eigenvalue weighted by Gasteiger charge is -2.42. The fraction of sp³-hybridized carbons (Fsp3) is 0.600. The van der Waals surface area contributed by atoms with Gasteiger partial charge in [-0.25, -0.2) is 9.69 Å². The normalized spacial score (nSPS) is 28.0. The van der Waals surface area contributed by atoms with Crippen molar-refractivity contribution in [2.24, 2.45) is 11.3 Å². The van der Waals surface area contributed by atoms with E-state index >= 15 is 0 Å². The van der Waals surface area contributed by atoms with Crippen molar-refractivity contribution in [3.63, 3.8) is 0 Å². The maximum Gasteiger partial charge on any atom is 0.326 e. The Labute approximate surface area is 180 Å². The van der Waals surface area contributed by atoms with Gasteiger partial charge in [0.1, 0.15) is 5.54 Å². The summed E-state index contributed by atoms with van der Waals surface area (Å²) in [6, 6.07) is 10.2. The average molecular weight is 410 g/mol. The van der Waals surface area contributed by atoms with Gasteiger partial charge in [0, 0.05) is 13.1 Å². The Morgan fingerprint density at radius 3 is 2.43 bits per heavy atom. The fourth-order valence-electron chi connectivity index (χ4n) is 5.28. The van der Waals surface area contributed by atoms with Crippen molar-refractivity contribution in [3.05, 3.63) is 42.0 Å². The molecular formula is C25H35N3O2. The zero-order chi connectivity index (χ0) is 21.4. The monoisotopic (exact) mass is 409 g/mol. The molecule has 3 amide bonds. The Hall–Kier alpha value is -2.14. The van der Waals surface area contributed by atoms with Gasteiger partial charge in [-0.15, -0.1) is 0 Å². The Bertz CT molecular complexity index is 822. The number of imide groups is 1. The van der Waals surface area contributed by atoms with E-state index in [-0.39, 0.29) is 11.9 Å². The van der Waals surface area contributed by atoms with Crippen LogP contribution in [0.5, 0.6) is 0 Å². The summed E-state index contributed by atoms with van der Waals surface area (Å²) in [6.07, 6.45) is 7.85. The first-order valence-electron chi connectivity index (χ1n) is 11.5. The second-order valence-corrected chi connectivity index (χ2v) is 9.93. The highest BCUT2D eigenvalue weighted by Crippen LogP contribution is 2.45. The lowest BCUT2D eigenvalue weighted by atomic mass is 9.65. The molecule has 4 rings (SSSR count). The van der Waals surface area contributed by atoms with Crippen molar-refractivity contribution in [1.82, 2.24) is 15.1 Å². The number of hydrogen-bond acceptors (Lipinski definition) is 3. The Balaban J connectivity index is 1.37. The van der Waals surface area contributed by atoms with E-state index in [0.717, 1.165) is 51.6 Å². The van der Waals surface area contributed by atoms with Crippen LogP contribution in [0.1, 0.15) is 64.9 Å². The molecule has 2 aliphatic heterocycles. The molecule has 0 radical (unpaired) electrons. The van der Waals surface area contributed by atoms with Crippen LogP contribution in [0.25, 0.3) is 5.57 Å². The van der Waals surface area contributed by atoms with Gasteiger partial charge in [0.2, 0.25) is 0 Å². The quantitative estimate of drug-likeness (QED) is 0.720. The summed E-state index contributed by atoms with van der Waals surface area (Å²) in [5.41, 5.74) is 2.23. The zero-order valence-corrected chi connectivity index (χ0v) is 18.6. The van der Waals surface area contributed by atoms with Crippen LogP contribution in [0.15, 0.2) is 36.4 Å². The summed E-state index contributed by atoms with van der Waals surface area (Å²) in [4.78, 5) is 29.6. The third-order valence-corrected chi connectivity index (χ3v) is 7.88. The zero-order valence-electron chi connectivity index (χ0n) is 18.6. The van der Waals surface area contributed by atoms with Gasteiger partial charge >= 0.3 is 6.03 Å². The number of urea groups is 1. The average Bonchev–Trinajstić information content (AvgIpc) is 2.99. The predicted molar refractivity (Wildman–Crippen MR) is 120 cm³/mol. The molecule has 1 aliphatic carbocycles. The maximum atomic E-state index is 13.3. The molecule has 5 heteroatoms. The van der Waals surface area contributed by atoms with Gasteiger partial charge in [0.25, 0.3) is 5.91 Å². The molecule has 1 saturated carbocycles. The van der Waals surface area contributed by atoms with Gasteiger partial charge in [-0.3, -0.25) is 9.69 Å². The van der Waals surface area contributed by atoms with Crippen molar-refractivity contribution >= 4 is 17.5 Å². The molecule has 1 aromatic carbocycles. The molecule has 1 N–H and O–H groups in total. The highest BCUT2D eigenvalue weighted by Gasteiger charge is 2.53. The number of nitrogens with one attached hydrogen (secondary N) is 1. The Kier molecular flexibility index (Phi) is 5.75. The van der Waals surface area contributed by atoms with Gasteiger partial charge in [-0.05, 0) is 54.6 Å². The lowest BCUT2D eigenvalue weighted by molar-refractivity contribution is -0.134. The molecule has 0 bridgehead atoms. The van der Waals surface area contributed by atoms with E-state index in [9.17, 15) is 9.59 Å². The molecule has 2 heterocycles. The van der Waals surface area contributed by atoms with Crippen LogP contribution in [0, 0.1) is 11.3 Å². The molecule has 1 saturated heterocycles. The number of hydrogen-bond donors (Lipinski definition) is 1. The summed E-state index contributed by atoms with van der Waals surface area (Å²) < 4.78 is 0. The van der Waals surface area contributed by atoms with Crippen LogP contribution >= 0.6 is 0 Å². The van der Waals surface area contributed by atoms with Gasteiger partial charge in [-0.2, -0.15) is 0 Å². The van der Waals surface area contributed by atoms with Crippen LogP contribution in [-0.4, -0.2) is 47.0 Å². The minimum Gasteiger partial charge on any atom is -0.323 e. The van der Waals surface area contributed by atoms with Crippen LogP contribution in [-0.2, 0) is 4.79 Å². The van der Waals surface area contributed by atoms with E-state index < -0.39 is 5.54 Å². The highest BCUT2D eigenvalue weighted by atomic mass is 16.2. The number of nitrogens with zero attached hydrogens (tertiary/aromatic N) is 2. The van der Waals surface area contributed by atoms with E-state index in [1.807, 2.05) is 6.07 Å². The molecule has 3 aliphatic rings. The van der Waals surface area contributed by atoms with Crippen molar-refractivity contribution in [3.8, 4) is 0 Å². The third kappa shape index (κ3) is 3.92. The molecule has 30 heavy (non-hydrogen) atoms. The van der Waals surface area contributed by atoms with Crippen molar-refractivity contribution in [2.45, 2.75) is 64.8 Å². The van der Waals surface area contributed by atoms with E-state index in [0.29, 0.717) is 18.0 Å². The summed E-state index contributed by atoms with van der Waals surface area (Å²) >= 11 is 0. The second-order valence-electron chi connectivity index (χ2n) is 9.93. The number of amides is 3. The standard InChI is InChI=1S/C25H35N3O2/c1-4-24(2,3)21-10-14-25(15-11-21)22(29)28(23(30)26-25)18-27-16-12-20(13-17-27)19-8-6-5-7-9-19/h5-9,12,21H,4,10-11,13-18H2,1-3H3,(H,26,30). The SMILES string of the molecule is CCC(C)(C)C1CCC2(CC1)NC(=O)N(CN1CC=C(c3ccccc3)CC1)C2=O. The molecule has 1 aromatic rings. The Morgan fingerprint density at radius 2 is 1.83 bits per heavy atom. The number of benzene rings is 1. The van der Waals surface area contributed by atoms with Gasteiger partial charge in [0.15, 0.2) is 0 Å². The summed E-state index contributed by atoms with van der Waals surface area (Å²) in [7, 11) is 0. The smallest absolute Gasteiger partial charge is 0.323 e. The largest absolute Gasteiger partial charge is 0.326 e. The summed E-state index contributed by atoms with van der Waals surface area (Å²) in [5, 5.41) is 3.08. The first-order chi connectivity index (χ1) is 14.3. The Morgan fingerprint density at radius 1 is 1.13 bits per heavy atom. The van der Waals surface area contributed by atoms with Crippen LogP contribution in [0.4, 0.5) is 4.79 Å². The predicted octanol–water partition coefficient (Wildman–Crippen LogP) is 4.65. The van der Waals surface area contributed by atoms with E-state index in [1.54, 1.807) is 0 Å². The van der Waals surface area contributed by atoms with E-state index in [4.69, 9.17) is 0 Å². The van der Waals surface area contributed by atoms with Gasteiger partial charge in [-0.1, -0.05) is 63.6 Å². The molecule has 1 spiro atoms. The molecule has 0 unspecified atom stereocenters. The lowest BCUT2D eigenvalue weighted by Crippen LogP contribution is -2.51. The van der Waals surface area contributed by atoms with Crippen LogP contribution in [0.2, 0.25) is 0 Å². The summed E-state index contributed by atoms with van der Waals surface area (Å²) in [5.74, 6) is 0.605. The molecule has 0 atom stereocenters. The first-order valence-corrected chi connectivity index (χ1v) is 11.5. The molecule has 162 valence electrons. The number of carbonyl (C=O) groups is 2. The third-order valence-electron chi connectivity index (χ3n) is 7.88. The minimum atomic E-state index is -0.668. The van der Waals surface area contributed by atoms with Crippen molar-refractivity contribution in [1.29, 1.82) is 0 Å². The molecule has 2 fully saturated rings. The second kappa shape index (κ2) is 8.18. The van der Waals surface area contributed by atoms with Crippen LogP contribution < -0.4 is 5.32 Å². The maximum absolute atomic E-state index is 13.3. The van der Waals surface area contributed by atoms with E-state index in [1.165, 1.54) is 16.0 Å². The first kappa shape index (κ1) is 21.1. The summed E-state index contributed by atoms with van der Waals surface area (Å²) in [6.45, 7) is 8.90. The topological polar surface area (TPSA) is 52.7 Å². The molecule has 0 aromatic heterocycles. The van der Waals surface area contributed by atoms with Gasteiger partial charge < -0.3 is 5.32 Å².